The zero-order valence-electron chi connectivity index (χ0n) is 12.4. The normalized spacial score (nSPS) is 10.8. The van der Waals surface area contributed by atoms with Gasteiger partial charge in [0.05, 0.1) is 6.61 Å². The largest absolute Gasteiger partial charge is 0.489 e. The molecule has 0 aromatic heterocycles. The molecule has 0 fully saturated rings. The van der Waals surface area contributed by atoms with Crippen molar-refractivity contribution in [3.63, 3.8) is 0 Å². The van der Waals surface area contributed by atoms with Gasteiger partial charge in [-0.05, 0) is 41.2 Å². The van der Waals surface area contributed by atoms with Crippen molar-refractivity contribution < 1.29 is 9.84 Å². The average Bonchev–Trinajstić information content (AvgIpc) is 2.46. The minimum absolute atomic E-state index is 0.0800. The number of aliphatic hydroxyl groups is 1. The molecule has 2 heteroatoms. The van der Waals surface area contributed by atoms with Crippen molar-refractivity contribution in [2.45, 2.75) is 39.9 Å². The van der Waals surface area contributed by atoms with Gasteiger partial charge in [0.25, 0.3) is 0 Å². The van der Waals surface area contributed by atoms with Crippen molar-refractivity contribution in [1.29, 1.82) is 0 Å². The number of benzene rings is 2. The average molecular weight is 270 g/mol. The van der Waals surface area contributed by atoms with E-state index in [1.165, 1.54) is 5.56 Å². The molecule has 2 aromatic carbocycles. The molecule has 0 aliphatic heterocycles. The summed E-state index contributed by atoms with van der Waals surface area (Å²) in [4.78, 5) is 0. The number of hydrogen-bond donors (Lipinski definition) is 1. The zero-order valence-corrected chi connectivity index (χ0v) is 12.4. The van der Waals surface area contributed by atoms with E-state index in [1.54, 1.807) is 0 Å². The minimum atomic E-state index is 0.0800. The molecule has 0 atom stereocenters. The first-order valence-electron chi connectivity index (χ1n) is 7.02. The summed E-state index contributed by atoms with van der Waals surface area (Å²) in [5.41, 5.74) is 4.48. The number of aryl methyl sites for hydroxylation is 1. The van der Waals surface area contributed by atoms with Gasteiger partial charge in [0.1, 0.15) is 12.4 Å². The Morgan fingerprint density at radius 3 is 2.25 bits per heavy atom. The second-order valence-corrected chi connectivity index (χ2v) is 5.44. The lowest BCUT2D eigenvalue weighted by atomic mass is 10.0. The maximum absolute atomic E-state index is 9.02. The Morgan fingerprint density at radius 1 is 1.00 bits per heavy atom. The smallest absolute Gasteiger partial charge is 0.122 e. The molecule has 0 aliphatic rings. The fourth-order valence-electron chi connectivity index (χ4n) is 2.03. The van der Waals surface area contributed by atoms with E-state index in [1.807, 2.05) is 24.3 Å². The molecular weight excluding hydrogens is 248 g/mol. The molecule has 0 radical (unpaired) electrons. The first kappa shape index (κ1) is 14.6. The van der Waals surface area contributed by atoms with Crippen molar-refractivity contribution in [2.75, 3.05) is 0 Å². The van der Waals surface area contributed by atoms with Crippen LogP contribution in [0.5, 0.6) is 5.75 Å². The lowest BCUT2D eigenvalue weighted by Crippen LogP contribution is -1.99. The SMILES string of the molecule is Cc1ccc(C(C)C)cc1OCc1ccc(CO)cc1. The van der Waals surface area contributed by atoms with Crippen LogP contribution in [0, 0.1) is 6.92 Å². The highest BCUT2D eigenvalue weighted by Crippen LogP contribution is 2.25. The Bertz CT molecular complexity index is 556. The molecule has 0 aliphatic carbocycles. The Balaban J connectivity index is 2.07. The predicted octanol–water partition coefficient (Wildman–Crippen LogP) is 4.19. The van der Waals surface area contributed by atoms with E-state index in [2.05, 4.69) is 39.0 Å². The molecular formula is C18H22O2. The van der Waals surface area contributed by atoms with Gasteiger partial charge < -0.3 is 9.84 Å². The summed E-state index contributed by atoms with van der Waals surface area (Å²) in [5, 5.41) is 9.02. The van der Waals surface area contributed by atoms with Gasteiger partial charge in [-0.2, -0.15) is 0 Å². The molecule has 0 spiro atoms. The van der Waals surface area contributed by atoms with Crippen molar-refractivity contribution in [2.24, 2.45) is 0 Å². The van der Waals surface area contributed by atoms with Crippen molar-refractivity contribution >= 4 is 0 Å². The molecule has 0 saturated heterocycles. The van der Waals surface area contributed by atoms with Crippen LogP contribution in [-0.2, 0) is 13.2 Å². The number of ether oxygens (including phenoxy) is 1. The topological polar surface area (TPSA) is 29.5 Å². The van der Waals surface area contributed by atoms with Crippen molar-refractivity contribution in [3.8, 4) is 5.75 Å². The van der Waals surface area contributed by atoms with Gasteiger partial charge in [0.2, 0.25) is 0 Å². The predicted molar refractivity (Wildman–Crippen MR) is 82.0 cm³/mol. The molecule has 106 valence electrons. The van der Waals surface area contributed by atoms with Crippen LogP contribution in [0.15, 0.2) is 42.5 Å². The third-order valence-electron chi connectivity index (χ3n) is 3.48. The second-order valence-electron chi connectivity index (χ2n) is 5.44. The van der Waals surface area contributed by atoms with E-state index in [9.17, 15) is 0 Å². The van der Waals surface area contributed by atoms with E-state index >= 15 is 0 Å². The fourth-order valence-corrected chi connectivity index (χ4v) is 2.03. The van der Waals surface area contributed by atoms with Gasteiger partial charge in [-0.15, -0.1) is 0 Å². The van der Waals surface area contributed by atoms with E-state index in [-0.39, 0.29) is 6.61 Å². The van der Waals surface area contributed by atoms with Gasteiger partial charge in [-0.25, -0.2) is 0 Å². The summed E-state index contributed by atoms with van der Waals surface area (Å²) in [7, 11) is 0. The van der Waals surface area contributed by atoms with Crippen LogP contribution in [0.4, 0.5) is 0 Å². The maximum atomic E-state index is 9.02. The van der Waals surface area contributed by atoms with E-state index in [0.29, 0.717) is 12.5 Å². The molecule has 0 unspecified atom stereocenters. The summed E-state index contributed by atoms with van der Waals surface area (Å²) < 4.78 is 5.92. The van der Waals surface area contributed by atoms with Gasteiger partial charge in [-0.1, -0.05) is 50.2 Å². The van der Waals surface area contributed by atoms with Gasteiger partial charge in [0.15, 0.2) is 0 Å². The number of aliphatic hydroxyl groups excluding tert-OH is 1. The summed E-state index contributed by atoms with van der Waals surface area (Å²) in [6.45, 7) is 7.06. The highest BCUT2D eigenvalue weighted by Gasteiger charge is 2.05. The van der Waals surface area contributed by atoms with Crippen LogP contribution in [0.1, 0.15) is 42.0 Å². The van der Waals surface area contributed by atoms with Crippen LogP contribution >= 0.6 is 0 Å². The molecule has 0 amide bonds. The monoisotopic (exact) mass is 270 g/mol. The van der Waals surface area contributed by atoms with Crippen LogP contribution in [0.25, 0.3) is 0 Å². The van der Waals surface area contributed by atoms with Crippen LogP contribution < -0.4 is 4.74 Å². The molecule has 1 N–H and O–H groups in total. The van der Waals surface area contributed by atoms with E-state index in [4.69, 9.17) is 9.84 Å². The molecule has 2 nitrogen and oxygen atoms in total. The fraction of sp³-hybridized carbons (Fsp3) is 0.333. The van der Waals surface area contributed by atoms with Crippen LogP contribution in [0.3, 0.4) is 0 Å². The minimum Gasteiger partial charge on any atom is -0.489 e. The Labute approximate surface area is 121 Å². The van der Waals surface area contributed by atoms with Gasteiger partial charge in [0, 0.05) is 0 Å². The highest BCUT2D eigenvalue weighted by molar-refractivity contribution is 5.38. The summed E-state index contributed by atoms with van der Waals surface area (Å²) in [6.07, 6.45) is 0. The molecule has 2 rings (SSSR count). The highest BCUT2D eigenvalue weighted by atomic mass is 16.5. The van der Waals surface area contributed by atoms with Crippen LogP contribution in [-0.4, -0.2) is 5.11 Å². The third-order valence-corrected chi connectivity index (χ3v) is 3.48. The Morgan fingerprint density at radius 2 is 1.65 bits per heavy atom. The number of hydrogen-bond acceptors (Lipinski definition) is 2. The lowest BCUT2D eigenvalue weighted by molar-refractivity contribution is 0.281. The van der Waals surface area contributed by atoms with E-state index < -0.39 is 0 Å². The molecule has 2 aromatic rings. The molecule has 20 heavy (non-hydrogen) atoms. The molecule has 0 heterocycles. The zero-order chi connectivity index (χ0) is 14.5. The summed E-state index contributed by atoms with van der Waals surface area (Å²) in [6, 6.07) is 14.2. The lowest BCUT2D eigenvalue weighted by Gasteiger charge is -2.13. The van der Waals surface area contributed by atoms with Crippen LogP contribution in [0.2, 0.25) is 0 Å². The second kappa shape index (κ2) is 6.58. The standard InChI is InChI=1S/C18H22O2/c1-13(2)17-9-4-14(3)18(10-17)20-12-16-7-5-15(11-19)6-8-16/h4-10,13,19H,11-12H2,1-3H3. The Hall–Kier alpha value is -1.80. The van der Waals surface area contributed by atoms with E-state index in [0.717, 1.165) is 22.4 Å². The number of rotatable bonds is 5. The van der Waals surface area contributed by atoms with Gasteiger partial charge in [-0.3, -0.25) is 0 Å². The summed E-state index contributed by atoms with van der Waals surface area (Å²) in [5.74, 6) is 1.45. The molecule has 0 bridgehead atoms. The molecule has 0 saturated carbocycles. The first-order valence-corrected chi connectivity index (χ1v) is 7.02. The van der Waals surface area contributed by atoms with Gasteiger partial charge >= 0.3 is 0 Å². The van der Waals surface area contributed by atoms with Crippen molar-refractivity contribution in [1.82, 2.24) is 0 Å². The maximum Gasteiger partial charge on any atom is 0.122 e. The third kappa shape index (κ3) is 3.61. The first-order chi connectivity index (χ1) is 9.60. The van der Waals surface area contributed by atoms with Crippen molar-refractivity contribution in [3.05, 3.63) is 64.7 Å². The summed E-state index contributed by atoms with van der Waals surface area (Å²) >= 11 is 0. The quantitative estimate of drug-likeness (QED) is 0.882. The Kier molecular flexibility index (Phi) is 4.80.